The standard InChI is InChI=1S/C25H31N5O3/c1-3-24(31)29-12-10-19-21(16-29)26-23-14-20(27-30(23)25(19)32)22-9-4-5-11-28(22)15-17-7-6-8-18(13-17)33-2/h6-8,13-14,22,27H,3-5,9-12,15-16H2,1-2H3/t22-/m1/s1. The molecule has 0 radical (unpaired) electrons. The molecule has 0 spiro atoms. The van der Waals surface area contributed by atoms with E-state index in [0.29, 0.717) is 31.6 Å². The molecule has 0 aliphatic carbocycles. The van der Waals surface area contributed by atoms with E-state index < -0.39 is 0 Å². The van der Waals surface area contributed by atoms with Gasteiger partial charge in [0, 0.05) is 31.1 Å². The van der Waals surface area contributed by atoms with Crippen molar-refractivity contribution in [2.45, 2.75) is 58.2 Å². The SMILES string of the molecule is CCC(=O)N1CCc2c(nc3cc([C@H]4CCCCN4Cc4cccc(OC)c4)[nH]n3c2=O)C1. The largest absolute Gasteiger partial charge is 0.497 e. The van der Waals surface area contributed by atoms with Gasteiger partial charge in [0.15, 0.2) is 5.65 Å². The number of piperidine rings is 1. The molecule has 0 unspecified atom stereocenters. The van der Waals surface area contributed by atoms with Gasteiger partial charge in [-0.1, -0.05) is 25.5 Å². The number of aromatic nitrogens is 3. The smallest absolute Gasteiger partial charge is 0.276 e. The van der Waals surface area contributed by atoms with Gasteiger partial charge in [-0.3, -0.25) is 19.6 Å². The first-order chi connectivity index (χ1) is 16.1. The number of aromatic amines is 1. The first kappa shape index (κ1) is 21.7. The lowest BCUT2D eigenvalue weighted by atomic mass is 9.98. The number of fused-ring (bicyclic) bond motifs is 2. The number of amides is 1. The Kier molecular flexibility index (Phi) is 5.93. The molecule has 2 aliphatic heterocycles. The molecular formula is C25H31N5O3. The van der Waals surface area contributed by atoms with Crippen molar-refractivity contribution in [3.8, 4) is 5.75 Å². The second kappa shape index (κ2) is 9.02. The highest BCUT2D eigenvalue weighted by molar-refractivity contribution is 5.76. The molecule has 2 aliphatic rings. The molecule has 1 fully saturated rings. The number of carbonyl (C=O) groups is 1. The van der Waals surface area contributed by atoms with Gasteiger partial charge in [-0.25, -0.2) is 9.50 Å². The second-order valence-electron chi connectivity index (χ2n) is 9.00. The van der Waals surface area contributed by atoms with Crippen molar-refractivity contribution in [2.24, 2.45) is 0 Å². The molecule has 0 saturated carbocycles. The Morgan fingerprint density at radius 3 is 2.94 bits per heavy atom. The molecule has 5 rings (SSSR count). The molecule has 1 amide bonds. The van der Waals surface area contributed by atoms with Crippen LogP contribution in [0.3, 0.4) is 0 Å². The molecule has 1 aromatic carbocycles. The molecule has 33 heavy (non-hydrogen) atoms. The maximum absolute atomic E-state index is 13.2. The topological polar surface area (TPSA) is 82.9 Å². The molecule has 1 saturated heterocycles. The summed E-state index contributed by atoms with van der Waals surface area (Å²) in [6.07, 6.45) is 4.37. The Morgan fingerprint density at radius 1 is 1.24 bits per heavy atom. The third kappa shape index (κ3) is 4.15. The van der Waals surface area contributed by atoms with E-state index in [4.69, 9.17) is 9.72 Å². The number of carbonyl (C=O) groups excluding carboxylic acids is 1. The van der Waals surface area contributed by atoms with Crippen LogP contribution in [-0.4, -0.2) is 50.5 Å². The predicted octanol–water partition coefficient (Wildman–Crippen LogP) is 3.05. The summed E-state index contributed by atoms with van der Waals surface area (Å²) in [5.41, 5.74) is 4.27. The molecule has 1 N–H and O–H groups in total. The van der Waals surface area contributed by atoms with Crippen LogP contribution in [0.25, 0.3) is 5.65 Å². The summed E-state index contributed by atoms with van der Waals surface area (Å²) in [6.45, 7) is 4.68. The minimum Gasteiger partial charge on any atom is -0.497 e. The predicted molar refractivity (Wildman–Crippen MR) is 125 cm³/mol. The van der Waals surface area contributed by atoms with E-state index in [1.54, 1.807) is 16.5 Å². The van der Waals surface area contributed by atoms with E-state index in [1.807, 2.05) is 25.1 Å². The van der Waals surface area contributed by atoms with Crippen LogP contribution in [-0.2, 0) is 24.3 Å². The fraction of sp³-hybridized carbons (Fsp3) is 0.480. The number of hydrogen-bond acceptors (Lipinski definition) is 5. The number of benzene rings is 1. The van der Waals surface area contributed by atoms with E-state index in [0.717, 1.165) is 55.1 Å². The molecule has 0 bridgehead atoms. The van der Waals surface area contributed by atoms with Crippen LogP contribution < -0.4 is 10.3 Å². The zero-order chi connectivity index (χ0) is 22.9. The fourth-order valence-electron chi connectivity index (χ4n) is 5.16. The third-order valence-corrected chi connectivity index (χ3v) is 6.93. The van der Waals surface area contributed by atoms with Crippen LogP contribution in [0.2, 0.25) is 0 Å². The van der Waals surface area contributed by atoms with Gasteiger partial charge in [0.1, 0.15) is 5.75 Å². The first-order valence-electron chi connectivity index (χ1n) is 11.9. The number of hydrogen-bond donors (Lipinski definition) is 1. The van der Waals surface area contributed by atoms with Gasteiger partial charge in [0.05, 0.1) is 31.1 Å². The van der Waals surface area contributed by atoms with Gasteiger partial charge in [0.25, 0.3) is 5.56 Å². The lowest BCUT2D eigenvalue weighted by Crippen LogP contribution is -2.39. The highest BCUT2D eigenvalue weighted by Gasteiger charge is 2.28. The van der Waals surface area contributed by atoms with Crippen molar-refractivity contribution in [2.75, 3.05) is 20.2 Å². The Bertz CT molecular complexity index is 1230. The highest BCUT2D eigenvalue weighted by atomic mass is 16.5. The summed E-state index contributed by atoms with van der Waals surface area (Å²) >= 11 is 0. The lowest BCUT2D eigenvalue weighted by Gasteiger charge is -2.35. The van der Waals surface area contributed by atoms with E-state index in [9.17, 15) is 9.59 Å². The summed E-state index contributed by atoms with van der Waals surface area (Å²) in [4.78, 5) is 34.4. The van der Waals surface area contributed by atoms with Crippen LogP contribution in [0.1, 0.15) is 61.2 Å². The zero-order valence-corrected chi connectivity index (χ0v) is 19.3. The van der Waals surface area contributed by atoms with E-state index in [1.165, 1.54) is 5.56 Å². The van der Waals surface area contributed by atoms with E-state index in [2.05, 4.69) is 22.1 Å². The molecule has 3 aromatic rings. The van der Waals surface area contributed by atoms with E-state index in [-0.39, 0.29) is 17.5 Å². The number of methoxy groups -OCH3 is 1. The summed E-state index contributed by atoms with van der Waals surface area (Å²) in [7, 11) is 1.69. The van der Waals surface area contributed by atoms with Crippen molar-refractivity contribution in [1.82, 2.24) is 24.4 Å². The van der Waals surface area contributed by atoms with Crippen molar-refractivity contribution < 1.29 is 9.53 Å². The Hall–Kier alpha value is -3.13. The minimum atomic E-state index is -0.0417. The van der Waals surface area contributed by atoms with Gasteiger partial charge < -0.3 is 9.64 Å². The molecule has 8 heteroatoms. The van der Waals surface area contributed by atoms with Crippen molar-refractivity contribution in [3.05, 3.63) is 63.2 Å². The van der Waals surface area contributed by atoms with Gasteiger partial charge in [-0.2, -0.15) is 0 Å². The van der Waals surface area contributed by atoms with Gasteiger partial charge in [0.2, 0.25) is 5.91 Å². The first-order valence-corrected chi connectivity index (χ1v) is 11.9. The Morgan fingerprint density at radius 2 is 2.12 bits per heavy atom. The summed E-state index contributed by atoms with van der Waals surface area (Å²) < 4.78 is 6.98. The molecule has 4 heterocycles. The zero-order valence-electron chi connectivity index (χ0n) is 19.3. The lowest BCUT2D eigenvalue weighted by molar-refractivity contribution is -0.131. The Balaban J connectivity index is 1.45. The van der Waals surface area contributed by atoms with E-state index >= 15 is 0 Å². The average molecular weight is 450 g/mol. The number of H-pyrrole nitrogens is 1. The number of likely N-dealkylation sites (tertiary alicyclic amines) is 1. The molecule has 1 atom stereocenters. The molecule has 2 aromatic heterocycles. The average Bonchev–Trinajstić information content (AvgIpc) is 3.28. The number of nitrogens with one attached hydrogen (secondary N) is 1. The van der Waals surface area contributed by atoms with Gasteiger partial charge in [-0.15, -0.1) is 0 Å². The number of nitrogens with zero attached hydrogens (tertiary/aromatic N) is 4. The van der Waals surface area contributed by atoms with Gasteiger partial charge >= 0.3 is 0 Å². The Labute approximate surface area is 193 Å². The van der Waals surface area contributed by atoms with Crippen molar-refractivity contribution in [3.63, 3.8) is 0 Å². The number of rotatable bonds is 5. The molecular weight excluding hydrogens is 418 g/mol. The van der Waals surface area contributed by atoms with Crippen LogP contribution in [0.5, 0.6) is 5.75 Å². The van der Waals surface area contributed by atoms with Crippen LogP contribution in [0.4, 0.5) is 0 Å². The molecule has 8 nitrogen and oxygen atoms in total. The maximum atomic E-state index is 13.2. The van der Waals surface area contributed by atoms with Crippen LogP contribution in [0.15, 0.2) is 35.1 Å². The minimum absolute atomic E-state index is 0.0417. The fourth-order valence-corrected chi connectivity index (χ4v) is 5.16. The second-order valence-corrected chi connectivity index (χ2v) is 9.00. The summed E-state index contributed by atoms with van der Waals surface area (Å²) in [5, 5.41) is 3.36. The van der Waals surface area contributed by atoms with Crippen molar-refractivity contribution >= 4 is 11.6 Å². The summed E-state index contributed by atoms with van der Waals surface area (Å²) in [5.74, 6) is 0.969. The normalized spacial score (nSPS) is 19.0. The number of ether oxygens (including phenoxy) is 1. The summed E-state index contributed by atoms with van der Waals surface area (Å²) in [6, 6.07) is 10.4. The monoisotopic (exact) mass is 449 g/mol. The van der Waals surface area contributed by atoms with Crippen LogP contribution in [0, 0.1) is 0 Å². The quantitative estimate of drug-likeness (QED) is 0.647. The third-order valence-electron chi connectivity index (χ3n) is 6.93. The van der Waals surface area contributed by atoms with Crippen molar-refractivity contribution in [1.29, 1.82) is 0 Å². The van der Waals surface area contributed by atoms with Crippen LogP contribution >= 0.6 is 0 Å². The maximum Gasteiger partial charge on any atom is 0.276 e. The highest BCUT2D eigenvalue weighted by Crippen LogP contribution is 2.32. The molecule has 174 valence electrons. The van der Waals surface area contributed by atoms with Gasteiger partial charge in [-0.05, 0) is 43.5 Å².